The van der Waals surface area contributed by atoms with Crippen LogP contribution in [0.5, 0.6) is 0 Å². The molecule has 4 nitrogen and oxygen atoms in total. The molecule has 1 heterocycles. The molecule has 2 aliphatic rings. The summed E-state index contributed by atoms with van der Waals surface area (Å²) in [5.41, 5.74) is 5.33. The fourth-order valence-electron chi connectivity index (χ4n) is 4.39. The third kappa shape index (κ3) is 3.58. The number of aryl methyl sites for hydroxylation is 2. The van der Waals surface area contributed by atoms with Crippen molar-refractivity contribution in [2.24, 2.45) is 11.3 Å². The van der Waals surface area contributed by atoms with E-state index in [0.717, 1.165) is 34.4 Å². The molecule has 0 fully saturated rings. The maximum absolute atomic E-state index is 13.2. The Balaban J connectivity index is 2.22. The van der Waals surface area contributed by atoms with Crippen molar-refractivity contribution in [2.45, 2.75) is 53.4 Å². The first-order valence-corrected chi connectivity index (χ1v) is 9.60. The van der Waals surface area contributed by atoms with Gasteiger partial charge >= 0.3 is 5.97 Å². The highest BCUT2D eigenvalue weighted by Crippen LogP contribution is 2.48. The van der Waals surface area contributed by atoms with E-state index in [1.165, 1.54) is 0 Å². The van der Waals surface area contributed by atoms with Gasteiger partial charge in [0.2, 0.25) is 0 Å². The molecule has 1 aliphatic heterocycles. The number of carbonyl (C=O) groups excluding carboxylic acids is 2. The minimum Gasteiger partial charge on any atom is -0.465 e. The SMILES string of the molecule is C=C1NC2=C(C(=O)CC(C)(C)C2)C(c2cc(C)ccc2C)C1C(=O)OCC. The third-order valence-electron chi connectivity index (χ3n) is 5.56. The van der Waals surface area contributed by atoms with Crippen LogP contribution in [0.25, 0.3) is 0 Å². The van der Waals surface area contributed by atoms with E-state index >= 15 is 0 Å². The van der Waals surface area contributed by atoms with Crippen molar-refractivity contribution < 1.29 is 14.3 Å². The van der Waals surface area contributed by atoms with Gasteiger partial charge in [0.1, 0.15) is 5.92 Å². The maximum atomic E-state index is 13.2. The van der Waals surface area contributed by atoms with Crippen molar-refractivity contribution in [3.63, 3.8) is 0 Å². The monoisotopic (exact) mass is 367 g/mol. The number of carbonyl (C=O) groups is 2. The Bertz CT molecular complexity index is 847. The van der Waals surface area contributed by atoms with Crippen LogP contribution >= 0.6 is 0 Å². The van der Waals surface area contributed by atoms with E-state index in [1.807, 2.05) is 13.8 Å². The number of nitrogens with one attached hydrogen (secondary N) is 1. The molecule has 1 aromatic rings. The zero-order chi connectivity index (χ0) is 19.9. The van der Waals surface area contributed by atoms with E-state index < -0.39 is 5.92 Å². The molecule has 1 aromatic carbocycles. The van der Waals surface area contributed by atoms with Crippen LogP contribution in [-0.4, -0.2) is 18.4 Å². The number of Topliss-reactive ketones (excluding diaryl/α,β-unsaturated/α-hetero) is 1. The van der Waals surface area contributed by atoms with Gasteiger partial charge in [-0.1, -0.05) is 44.2 Å². The molecule has 27 heavy (non-hydrogen) atoms. The van der Waals surface area contributed by atoms with Crippen LogP contribution in [0, 0.1) is 25.2 Å². The van der Waals surface area contributed by atoms with Gasteiger partial charge in [-0.25, -0.2) is 0 Å². The van der Waals surface area contributed by atoms with Gasteiger partial charge in [0.15, 0.2) is 5.78 Å². The molecule has 0 saturated heterocycles. The predicted molar refractivity (Wildman–Crippen MR) is 106 cm³/mol. The fraction of sp³-hybridized carbons (Fsp3) is 0.478. The quantitative estimate of drug-likeness (QED) is 0.808. The highest BCUT2D eigenvalue weighted by Gasteiger charge is 2.47. The predicted octanol–water partition coefficient (Wildman–Crippen LogP) is 4.33. The van der Waals surface area contributed by atoms with Crippen LogP contribution in [0.1, 0.15) is 56.2 Å². The van der Waals surface area contributed by atoms with Crippen LogP contribution in [0.15, 0.2) is 41.7 Å². The van der Waals surface area contributed by atoms with Crippen molar-refractivity contribution in [3.05, 3.63) is 58.4 Å². The molecule has 2 unspecified atom stereocenters. The number of hydrogen-bond acceptors (Lipinski definition) is 4. The molecule has 4 heteroatoms. The second-order valence-electron chi connectivity index (χ2n) is 8.55. The molecule has 0 bridgehead atoms. The molecule has 2 atom stereocenters. The standard InChI is InChI=1S/C23H29NO3/c1-7-27-22(26)19-15(4)24-17-11-23(5,6)12-18(25)21(17)20(19)16-10-13(2)8-9-14(16)3/h8-10,19-20,24H,4,7,11-12H2,1-3,5-6H3. The lowest BCUT2D eigenvalue weighted by atomic mass is 9.66. The Morgan fingerprint density at radius 3 is 2.67 bits per heavy atom. The lowest BCUT2D eigenvalue weighted by Crippen LogP contribution is -2.44. The van der Waals surface area contributed by atoms with Gasteiger partial charge in [-0.2, -0.15) is 0 Å². The zero-order valence-corrected chi connectivity index (χ0v) is 16.9. The average molecular weight is 367 g/mol. The molecule has 0 amide bonds. The Morgan fingerprint density at radius 1 is 1.30 bits per heavy atom. The third-order valence-corrected chi connectivity index (χ3v) is 5.56. The first kappa shape index (κ1) is 19.4. The minimum absolute atomic E-state index is 0.105. The zero-order valence-electron chi connectivity index (χ0n) is 16.9. The smallest absolute Gasteiger partial charge is 0.315 e. The van der Waals surface area contributed by atoms with E-state index in [0.29, 0.717) is 18.7 Å². The molecule has 0 saturated carbocycles. The summed E-state index contributed by atoms with van der Waals surface area (Å²) in [4.78, 5) is 26.0. The Kier molecular flexibility index (Phi) is 5.02. The van der Waals surface area contributed by atoms with E-state index in [-0.39, 0.29) is 23.1 Å². The molecule has 0 aromatic heterocycles. The van der Waals surface area contributed by atoms with Gasteiger partial charge in [-0.15, -0.1) is 0 Å². The van der Waals surface area contributed by atoms with Crippen molar-refractivity contribution in [2.75, 3.05) is 6.61 Å². The summed E-state index contributed by atoms with van der Waals surface area (Å²) in [7, 11) is 0. The normalized spacial score (nSPS) is 24.3. The van der Waals surface area contributed by atoms with Crippen molar-refractivity contribution in [1.29, 1.82) is 0 Å². The van der Waals surface area contributed by atoms with Crippen molar-refractivity contribution >= 4 is 11.8 Å². The largest absolute Gasteiger partial charge is 0.465 e. The van der Waals surface area contributed by atoms with E-state index in [9.17, 15) is 9.59 Å². The van der Waals surface area contributed by atoms with Gasteiger partial charge in [0, 0.05) is 29.3 Å². The van der Waals surface area contributed by atoms with Crippen LogP contribution in [-0.2, 0) is 14.3 Å². The number of esters is 1. The van der Waals surface area contributed by atoms with Crippen molar-refractivity contribution in [3.8, 4) is 0 Å². The Hall–Kier alpha value is -2.36. The summed E-state index contributed by atoms with van der Waals surface area (Å²) in [6.07, 6.45) is 1.25. The number of ketones is 1. The summed E-state index contributed by atoms with van der Waals surface area (Å²) in [5, 5.41) is 3.29. The first-order chi connectivity index (χ1) is 12.6. The number of rotatable bonds is 3. The first-order valence-electron chi connectivity index (χ1n) is 9.60. The van der Waals surface area contributed by atoms with Gasteiger partial charge in [0.05, 0.1) is 6.61 Å². The molecule has 3 rings (SSSR count). The van der Waals surface area contributed by atoms with E-state index in [1.54, 1.807) is 6.92 Å². The summed E-state index contributed by atoms with van der Waals surface area (Å²) in [6, 6.07) is 6.19. The average Bonchev–Trinajstić information content (AvgIpc) is 2.54. The minimum atomic E-state index is -0.602. The molecular weight excluding hydrogens is 338 g/mol. The van der Waals surface area contributed by atoms with Gasteiger partial charge in [0.25, 0.3) is 0 Å². The van der Waals surface area contributed by atoms with Crippen LogP contribution < -0.4 is 5.32 Å². The lowest BCUT2D eigenvalue weighted by molar-refractivity contribution is -0.147. The van der Waals surface area contributed by atoms with E-state index in [4.69, 9.17) is 4.74 Å². The lowest BCUT2D eigenvalue weighted by Gasteiger charge is -2.42. The van der Waals surface area contributed by atoms with Crippen LogP contribution in [0.2, 0.25) is 0 Å². The molecule has 1 aliphatic carbocycles. The van der Waals surface area contributed by atoms with E-state index in [2.05, 4.69) is 43.9 Å². The second-order valence-corrected chi connectivity index (χ2v) is 8.55. The van der Waals surface area contributed by atoms with Crippen LogP contribution in [0.4, 0.5) is 0 Å². The Labute approximate surface area is 161 Å². The molecular formula is C23H29NO3. The summed E-state index contributed by atoms with van der Waals surface area (Å²) in [5.74, 6) is -1.17. The molecule has 0 spiro atoms. The highest BCUT2D eigenvalue weighted by molar-refractivity contribution is 6.01. The summed E-state index contributed by atoms with van der Waals surface area (Å²) in [6.45, 7) is 14.5. The second kappa shape index (κ2) is 6.99. The molecule has 144 valence electrons. The van der Waals surface area contributed by atoms with Crippen molar-refractivity contribution in [1.82, 2.24) is 5.32 Å². The summed E-state index contributed by atoms with van der Waals surface area (Å²) >= 11 is 0. The summed E-state index contributed by atoms with van der Waals surface area (Å²) < 4.78 is 5.36. The topological polar surface area (TPSA) is 55.4 Å². The number of ether oxygens (including phenoxy) is 1. The highest BCUT2D eigenvalue weighted by atomic mass is 16.5. The number of allylic oxidation sites excluding steroid dienone is 2. The van der Waals surface area contributed by atoms with Gasteiger partial charge in [-0.3, -0.25) is 9.59 Å². The van der Waals surface area contributed by atoms with Gasteiger partial charge < -0.3 is 10.1 Å². The molecule has 1 N–H and O–H groups in total. The fourth-order valence-corrected chi connectivity index (χ4v) is 4.39. The Morgan fingerprint density at radius 2 is 2.00 bits per heavy atom. The maximum Gasteiger partial charge on any atom is 0.315 e. The number of benzene rings is 1. The van der Waals surface area contributed by atoms with Gasteiger partial charge in [-0.05, 0) is 43.7 Å². The molecule has 0 radical (unpaired) electrons. The number of hydrogen-bond donors (Lipinski definition) is 1. The van der Waals surface area contributed by atoms with Crippen LogP contribution in [0.3, 0.4) is 0 Å².